The molecule has 1 aromatic carbocycles. The summed E-state index contributed by atoms with van der Waals surface area (Å²) in [5.74, 6) is 0.452. The normalized spacial score (nSPS) is 12.0. The Labute approximate surface area is 133 Å². The molecule has 0 atom stereocenters. The monoisotopic (exact) mass is 332 g/mol. The van der Waals surface area contributed by atoms with E-state index in [1.54, 1.807) is 12.1 Å². The molecule has 0 fully saturated rings. The number of sulfonamides is 1. The minimum Gasteiger partial charge on any atom is -0.313 e. The number of hydrogen-bond donors (Lipinski definition) is 2. The topological polar surface area (TPSA) is 58.2 Å². The van der Waals surface area contributed by atoms with Gasteiger partial charge in [0.1, 0.15) is 4.90 Å². The van der Waals surface area contributed by atoms with E-state index >= 15 is 0 Å². The molecule has 0 bridgehead atoms. The maximum absolute atomic E-state index is 12.3. The molecule has 0 aliphatic heterocycles. The molecule has 0 aliphatic rings. The van der Waals surface area contributed by atoms with Crippen molar-refractivity contribution in [3.05, 3.63) is 28.8 Å². The maximum Gasteiger partial charge on any atom is 0.242 e. The van der Waals surface area contributed by atoms with Gasteiger partial charge in [-0.25, -0.2) is 13.1 Å². The van der Waals surface area contributed by atoms with Crippen LogP contribution in [0.4, 0.5) is 0 Å². The van der Waals surface area contributed by atoms with Crippen molar-refractivity contribution in [3.63, 3.8) is 0 Å². The van der Waals surface area contributed by atoms with E-state index in [1.165, 1.54) is 0 Å². The second kappa shape index (κ2) is 8.73. The molecule has 1 rings (SSSR count). The molecule has 4 nitrogen and oxygen atoms in total. The van der Waals surface area contributed by atoms with Gasteiger partial charge in [0.05, 0.1) is 5.02 Å². The van der Waals surface area contributed by atoms with E-state index in [-0.39, 0.29) is 9.92 Å². The zero-order valence-corrected chi connectivity index (χ0v) is 14.5. The maximum atomic E-state index is 12.3. The number of halogens is 1. The highest BCUT2D eigenvalue weighted by atomic mass is 35.5. The highest BCUT2D eigenvalue weighted by Gasteiger charge is 2.18. The van der Waals surface area contributed by atoms with Gasteiger partial charge in [0.25, 0.3) is 0 Å². The van der Waals surface area contributed by atoms with E-state index in [0.717, 1.165) is 24.9 Å². The lowest BCUT2D eigenvalue weighted by atomic mass is 10.1. The van der Waals surface area contributed by atoms with E-state index in [1.807, 2.05) is 6.07 Å². The van der Waals surface area contributed by atoms with E-state index in [0.29, 0.717) is 19.0 Å². The van der Waals surface area contributed by atoms with Crippen LogP contribution in [-0.2, 0) is 16.6 Å². The van der Waals surface area contributed by atoms with Gasteiger partial charge in [-0.05, 0) is 43.0 Å². The highest BCUT2D eigenvalue weighted by Crippen LogP contribution is 2.22. The molecule has 0 aliphatic carbocycles. The zero-order chi connectivity index (χ0) is 15.9. The average Bonchev–Trinajstić information content (AvgIpc) is 2.40. The van der Waals surface area contributed by atoms with Crippen molar-refractivity contribution in [3.8, 4) is 0 Å². The summed E-state index contributed by atoms with van der Waals surface area (Å²) in [6.45, 7) is 8.16. The molecular weight excluding hydrogens is 308 g/mol. The summed E-state index contributed by atoms with van der Waals surface area (Å²) in [5, 5.41) is 3.51. The Morgan fingerprint density at radius 1 is 1.24 bits per heavy atom. The zero-order valence-electron chi connectivity index (χ0n) is 12.9. The van der Waals surface area contributed by atoms with E-state index in [9.17, 15) is 8.42 Å². The molecule has 0 heterocycles. The smallest absolute Gasteiger partial charge is 0.242 e. The lowest BCUT2D eigenvalue weighted by Crippen LogP contribution is -2.26. The van der Waals surface area contributed by atoms with Gasteiger partial charge in [-0.3, -0.25) is 0 Å². The van der Waals surface area contributed by atoms with Crippen LogP contribution in [0.2, 0.25) is 5.02 Å². The molecule has 1 aromatic rings. The lowest BCUT2D eigenvalue weighted by molar-refractivity contribution is 0.551. The van der Waals surface area contributed by atoms with Crippen molar-refractivity contribution in [1.29, 1.82) is 0 Å². The van der Waals surface area contributed by atoms with Gasteiger partial charge in [0.15, 0.2) is 0 Å². The first kappa shape index (κ1) is 18.4. The van der Waals surface area contributed by atoms with E-state index in [4.69, 9.17) is 11.6 Å². The fourth-order valence-electron chi connectivity index (χ4n) is 1.83. The van der Waals surface area contributed by atoms with E-state index < -0.39 is 10.0 Å². The summed E-state index contributed by atoms with van der Waals surface area (Å²) >= 11 is 6.04. The van der Waals surface area contributed by atoms with Crippen LogP contribution in [0.15, 0.2) is 23.1 Å². The summed E-state index contributed by atoms with van der Waals surface area (Å²) < 4.78 is 27.2. The second-order valence-corrected chi connectivity index (χ2v) is 7.66. The fraction of sp³-hybridized carbons (Fsp3) is 0.600. The SMILES string of the molecule is CCCNCc1ccc(Cl)c(S(=O)(=O)NCCC(C)C)c1. The Bertz CT molecular complexity index is 545. The highest BCUT2D eigenvalue weighted by molar-refractivity contribution is 7.89. The lowest BCUT2D eigenvalue weighted by Gasteiger charge is -2.11. The number of benzene rings is 1. The predicted molar refractivity (Wildman–Crippen MR) is 88.1 cm³/mol. The minimum absolute atomic E-state index is 0.156. The molecule has 0 saturated carbocycles. The average molecular weight is 333 g/mol. The van der Waals surface area contributed by atoms with Crippen LogP contribution in [0, 0.1) is 5.92 Å². The Hall–Kier alpha value is -0.620. The molecule has 2 N–H and O–H groups in total. The molecule has 0 spiro atoms. The van der Waals surface area contributed by atoms with Crippen molar-refractivity contribution in [2.75, 3.05) is 13.1 Å². The largest absolute Gasteiger partial charge is 0.313 e. The molecule has 0 aromatic heterocycles. The van der Waals surface area contributed by atoms with Crippen molar-refractivity contribution in [2.24, 2.45) is 5.92 Å². The summed E-state index contributed by atoms with van der Waals surface area (Å²) in [4.78, 5) is 0.156. The fourth-order valence-corrected chi connectivity index (χ4v) is 3.43. The molecule has 0 saturated heterocycles. The first-order valence-corrected chi connectivity index (χ1v) is 9.21. The minimum atomic E-state index is -3.55. The molecule has 0 amide bonds. The first-order valence-electron chi connectivity index (χ1n) is 7.35. The number of hydrogen-bond acceptors (Lipinski definition) is 3. The third kappa shape index (κ3) is 6.34. The van der Waals surface area contributed by atoms with Gasteiger partial charge in [-0.2, -0.15) is 0 Å². The van der Waals surface area contributed by atoms with Gasteiger partial charge in [0.2, 0.25) is 10.0 Å². The van der Waals surface area contributed by atoms with E-state index in [2.05, 4.69) is 30.8 Å². The molecule has 0 radical (unpaired) electrons. The van der Waals surface area contributed by atoms with Crippen LogP contribution in [0.5, 0.6) is 0 Å². The summed E-state index contributed by atoms with van der Waals surface area (Å²) in [6, 6.07) is 5.13. The van der Waals surface area contributed by atoms with Gasteiger partial charge >= 0.3 is 0 Å². The van der Waals surface area contributed by atoms with Crippen LogP contribution in [-0.4, -0.2) is 21.5 Å². The third-order valence-electron chi connectivity index (χ3n) is 3.05. The van der Waals surface area contributed by atoms with Crippen LogP contribution in [0.25, 0.3) is 0 Å². The van der Waals surface area contributed by atoms with Crippen LogP contribution in [0.1, 0.15) is 39.2 Å². The summed E-state index contributed by atoms with van der Waals surface area (Å²) in [5.41, 5.74) is 0.914. The molecular formula is C15H25ClN2O2S. The second-order valence-electron chi connectivity index (χ2n) is 5.52. The number of nitrogens with one attached hydrogen (secondary N) is 2. The van der Waals surface area contributed by atoms with Crippen molar-refractivity contribution >= 4 is 21.6 Å². The summed E-state index contributed by atoms with van der Waals surface area (Å²) in [6.07, 6.45) is 1.84. The van der Waals surface area contributed by atoms with Crippen LogP contribution in [0.3, 0.4) is 0 Å². The quantitative estimate of drug-likeness (QED) is 0.683. The van der Waals surface area contributed by atoms with Gasteiger partial charge in [0, 0.05) is 13.1 Å². The van der Waals surface area contributed by atoms with Crippen molar-refractivity contribution < 1.29 is 8.42 Å². The molecule has 6 heteroatoms. The molecule has 21 heavy (non-hydrogen) atoms. The number of rotatable bonds is 9. The molecule has 120 valence electrons. The Balaban J connectivity index is 2.81. The summed E-state index contributed by atoms with van der Waals surface area (Å²) in [7, 11) is -3.55. The van der Waals surface area contributed by atoms with Gasteiger partial charge in [-0.15, -0.1) is 0 Å². The Morgan fingerprint density at radius 2 is 1.95 bits per heavy atom. The van der Waals surface area contributed by atoms with Crippen LogP contribution >= 0.6 is 11.6 Å². The molecule has 0 unspecified atom stereocenters. The Kier molecular flexibility index (Phi) is 7.66. The van der Waals surface area contributed by atoms with Gasteiger partial charge in [-0.1, -0.05) is 38.4 Å². The van der Waals surface area contributed by atoms with Crippen molar-refractivity contribution in [1.82, 2.24) is 10.0 Å². The Morgan fingerprint density at radius 3 is 2.57 bits per heavy atom. The van der Waals surface area contributed by atoms with Gasteiger partial charge < -0.3 is 5.32 Å². The van der Waals surface area contributed by atoms with Crippen molar-refractivity contribution in [2.45, 2.75) is 45.1 Å². The predicted octanol–water partition coefficient (Wildman–Crippen LogP) is 3.16. The standard InChI is InChI=1S/C15H25ClN2O2S/c1-4-8-17-11-13-5-6-14(16)15(10-13)21(19,20)18-9-7-12(2)3/h5-6,10,12,17-18H,4,7-9,11H2,1-3H3. The van der Waals surface area contributed by atoms with Crippen LogP contribution < -0.4 is 10.0 Å². The third-order valence-corrected chi connectivity index (χ3v) is 5.00. The first-order chi connectivity index (χ1) is 9.86.